The molecular weight excluding hydrogens is 421 g/mol. The van der Waals surface area contributed by atoms with Crippen molar-refractivity contribution in [1.82, 2.24) is 5.32 Å². The van der Waals surface area contributed by atoms with Gasteiger partial charge in [-0.1, -0.05) is 83.9 Å². The quantitative estimate of drug-likeness (QED) is 0.493. The maximum Gasteiger partial charge on any atom is 0.407 e. The molecule has 4 nitrogen and oxygen atoms in total. The standard InChI is InChI=1S/C24H19Cl2NO3/c25-16-12-15(23(28)22(26)13-16)6-5-11-27-24(29)30-14-21-19-9-3-1-7-17(19)18-8-2-4-10-20(18)21/h1-10,12-13,21,28H,11,14H2,(H,27,29). The molecule has 0 radical (unpaired) electrons. The van der Waals surface area contributed by atoms with Crippen molar-refractivity contribution in [2.24, 2.45) is 0 Å². The molecule has 0 heterocycles. The summed E-state index contributed by atoms with van der Waals surface area (Å²) in [4.78, 5) is 12.2. The molecule has 0 fully saturated rings. The van der Waals surface area contributed by atoms with Gasteiger partial charge in [0.15, 0.2) is 0 Å². The van der Waals surface area contributed by atoms with Crippen LogP contribution >= 0.6 is 23.2 Å². The maximum absolute atomic E-state index is 12.2. The van der Waals surface area contributed by atoms with Gasteiger partial charge in [-0.2, -0.15) is 0 Å². The van der Waals surface area contributed by atoms with Crippen molar-refractivity contribution < 1.29 is 14.6 Å². The molecule has 2 N–H and O–H groups in total. The SMILES string of the molecule is O=C(NCC=Cc1cc(Cl)cc(Cl)c1O)OCC1c2ccccc2-c2ccccc21. The van der Waals surface area contributed by atoms with Crippen molar-refractivity contribution in [1.29, 1.82) is 0 Å². The Balaban J connectivity index is 1.35. The minimum atomic E-state index is -0.505. The molecule has 3 aromatic carbocycles. The fraction of sp³-hybridized carbons (Fsp3) is 0.125. The van der Waals surface area contributed by atoms with E-state index in [1.807, 2.05) is 24.3 Å². The van der Waals surface area contributed by atoms with E-state index < -0.39 is 6.09 Å². The average Bonchev–Trinajstić information content (AvgIpc) is 3.07. The Morgan fingerprint density at radius 2 is 1.67 bits per heavy atom. The van der Waals surface area contributed by atoms with Crippen molar-refractivity contribution in [3.8, 4) is 16.9 Å². The lowest BCUT2D eigenvalue weighted by molar-refractivity contribution is 0.144. The molecule has 152 valence electrons. The Morgan fingerprint density at radius 3 is 2.33 bits per heavy atom. The van der Waals surface area contributed by atoms with Crippen LogP contribution < -0.4 is 5.32 Å². The van der Waals surface area contributed by atoms with E-state index >= 15 is 0 Å². The molecule has 0 spiro atoms. The zero-order valence-corrected chi connectivity index (χ0v) is 17.5. The molecule has 30 heavy (non-hydrogen) atoms. The van der Waals surface area contributed by atoms with E-state index in [2.05, 4.69) is 29.6 Å². The van der Waals surface area contributed by atoms with Crippen LogP contribution in [0.4, 0.5) is 4.79 Å². The Labute approximate surface area is 184 Å². The van der Waals surface area contributed by atoms with Gasteiger partial charge in [0.1, 0.15) is 12.4 Å². The number of phenols is 1. The number of alkyl carbamates (subject to hydrolysis) is 1. The summed E-state index contributed by atoms with van der Waals surface area (Å²) in [7, 11) is 0. The summed E-state index contributed by atoms with van der Waals surface area (Å²) < 4.78 is 5.48. The number of ether oxygens (including phenoxy) is 1. The Hall–Kier alpha value is -2.95. The van der Waals surface area contributed by atoms with Crippen molar-refractivity contribution >= 4 is 35.4 Å². The van der Waals surface area contributed by atoms with Crippen LogP contribution in [-0.2, 0) is 4.74 Å². The number of rotatable bonds is 5. The van der Waals surface area contributed by atoms with Crippen molar-refractivity contribution in [3.63, 3.8) is 0 Å². The molecular formula is C24H19Cl2NO3. The van der Waals surface area contributed by atoms with E-state index in [-0.39, 0.29) is 29.8 Å². The van der Waals surface area contributed by atoms with Crippen LogP contribution in [0.5, 0.6) is 5.75 Å². The number of carbonyl (C=O) groups excluding carboxylic acids is 1. The summed E-state index contributed by atoms with van der Waals surface area (Å²) in [6, 6.07) is 19.4. The molecule has 0 saturated carbocycles. The van der Waals surface area contributed by atoms with Crippen LogP contribution in [0.1, 0.15) is 22.6 Å². The highest BCUT2D eigenvalue weighted by molar-refractivity contribution is 6.35. The third-order valence-corrected chi connectivity index (χ3v) is 5.57. The van der Waals surface area contributed by atoms with Gasteiger partial charge in [-0.15, -0.1) is 0 Å². The minimum absolute atomic E-state index is 0.0178. The van der Waals surface area contributed by atoms with Crippen LogP contribution in [0.2, 0.25) is 10.0 Å². The van der Waals surface area contributed by atoms with E-state index in [9.17, 15) is 9.90 Å². The first-order valence-electron chi connectivity index (χ1n) is 9.48. The predicted molar refractivity (Wildman–Crippen MR) is 120 cm³/mol. The highest BCUT2D eigenvalue weighted by atomic mass is 35.5. The van der Waals surface area contributed by atoms with Gasteiger partial charge >= 0.3 is 6.09 Å². The van der Waals surface area contributed by atoms with Crippen LogP contribution in [0.15, 0.2) is 66.7 Å². The second kappa shape index (κ2) is 8.82. The molecule has 0 aliphatic heterocycles. The number of hydrogen-bond donors (Lipinski definition) is 2. The highest BCUT2D eigenvalue weighted by Crippen LogP contribution is 2.44. The zero-order valence-electron chi connectivity index (χ0n) is 15.9. The second-order valence-corrected chi connectivity index (χ2v) is 7.78. The van der Waals surface area contributed by atoms with Gasteiger partial charge in [-0.3, -0.25) is 0 Å². The Bertz CT molecular complexity index is 1080. The first kappa shape index (κ1) is 20.3. The summed E-state index contributed by atoms with van der Waals surface area (Å²) >= 11 is 11.8. The molecule has 1 amide bonds. The number of carbonyl (C=O) groups is 1. The number of halogens is 2. The van der Waals surface area contributed by atoms with Gasteiger partial charge in [0.25, 0.3) is 0 Å². The molecule has 3 aromatic rings. The van der Waals surface area contributed by atoms with Gasteiger partial charge in [0, 0.05) is 23.0 Å². The lowest BCUT2D eigenvalue weighted by atomic mass is 9.98. The van der Waals surface area contributed by atoms with Crippen LogP contribution in [0.3, 0.4) is 0 Å². The fourth-order valence-corrected chi connectivity index (χ4v) is 4.20. The zero-order chi connectivity index (χ0) is 21.1. The molecule has 6 heteroatoms. The first-order chi connectivity index (χ1) is 14.5. The van der Waals surface area contributed by atoms with Crippen LogP contribution in [0, 0.1) is 0 Å². The number of phenolic OH excluding ortho intramolecular Hbond substituents is 1. The predicted octanol–water partition coefficient (Wildman–Crippen LogP) is 6.25. The highest BCUT2D eigenvalue weighted by Gasteiger charge is 2.28. The Kier molecular flexibility index (Phi) is 5.98. The summed E-state index contributed by atoms with van der Waals surface area (Å²) in [5.74, 6) is -0.0392. The fourth-order valence-electron chi connectivity index (χ4n) is 3.69. The minimum Gasteiger partial charge on any atom is -0.506 e. The number of hydrogen-bond acceptors (Lipinski definition) is 3. The van der Waals surface area contributed by atoms with E-state index in [1.54, 1.807) is 18.2 Å². The van der Waals surface area contributed by atoms with Crippen molar-refractivity contribution in [3.05, 3.63) is 93.5 Å². The first-order valence-corrected chi connectivity index (χ1v) is 10.2. The van der Waals surface area contributed by atoms with E-state index in [4.69, 9.17) is 27.9 Å². The lowest BCUT2D eigenvalue weighted by Gasteiger charge is -2.14. The maximum atomic E-state index is 12.2. The molecule has 0 saturated heterocycles. The third kappa shape index (κ3) is 4.16. The molecule has 4 rings (SSSR count). The average molecular weight is 440 g/mol. The number of aromatic hydroxyl groups is 1. The van der Waals surface area contributed by atoms with Gasteiger partial charge in [-0.25, -0.2) is 4.79 Å². The topological polar surface area (TPSA) is 58.6 Å². The normalized spacial score (nSPS) is 12.6. The molecule has 1 aliphatic carbocycles. The smallest absolute Gasteiger partial charge is 0.407 e. The molecule has 0 unspecified atom stereocenters. The summed E-state index contributed by atoms with van der Waals surface area (Å²) in [5, 5.41) is 13.2. The van der Waals surface area contributed by atoms with Crippen LogP contribution in [0.25, 0.3) is 17.2 Å². The molecule has 0 aromatic heterocycles. The van der Waals surface area contributed by atoms with E-state index in [0.29, 0.717) is 10.6 Å². The number of fused-ring (bicyclic) bond motifs is 3. The summed E-state index contributed by atoms with van der Waals surface area (Å²) in [6.45, 7) is 0.495. The number of benzene rings is 3. The second-order valence-electron chi connectivity index (χ2n) is 6.93. The van der Waals surface area contributed by atoms with E-state index in [0.717, 1.165) is 0 Å². The molecule has 1 aliphatic rings. The molecule has 0 bridgehead atoms. The van der Waals surface area contributed by atoms with E-state index in [1.165, 1.54) is 28.3 Å². The van der Waals surface area contributed by atoms with Crippen molar-refractivity contribution in [2.45, 2.75) is 5.92 Å². The van der Waals surface area contributed by atoms with Crippen LogP contribution in [-0.4, -0.2) is 24.4 Å². The van der Waals surface area contributed by atoms with Gasteiger partial charge in [-0.05, 0) is 34.4 Å². The van der Waals surface area contributed by atoms with Gasteiger partial charge in [0.05, 0.1) is 5.02 Å². The summed E-state index contributed by atoms with van der Waals surface area (Å²) in [5.41, 5.74) is 5.18. The number of nitrogens with one attached hydrogen (secondary N) is 1. The largest absolute Gasteiger partial charge is 0.506 e. The van der Waals surface area contributed by atoms with Crippen molar-refractivity contribution in [2.75, 3.05) is 13.2 Å². The van der Waals surface area contributed by atoms with Gasteiger partial charge < -0.3 is 15.2 Å². The number of amides is 1. The third-order valence-electron chi connectivity index (χ3n) is 5.06. The monoisotopic (exact) mass is 439 g/mol. The van der Waals surface area contributed by atoms with Gasteiger partial charge in [0.2, 0.25) is 0 Å². The lowest BCUT2D eigenvalue weighted by Crippen LogP contribution is -2.26. The Morgan fingerprint density at radius 1 is 1.03 bits per heavy atom. The molecule has 0 atom stereocenters. The summed E-state index contributed by atoms with van der Waals surface area (Å²) in [6.07, 6.45) is 2.81.